The molecule has 4 heteroatoms. The highest BCUT2D eigenvalue weighted by molar-refractivity contribution is 5.96. The first-order valence-corrected chi connectivity index (χ1v) is 6.37. The standard InChI is InChI=1S/C14H22N2O2/c1-3-4-8-18-9-7-16-14(17)13-10-12(15)6-5-11(13)2/h5-6,10H,3-4,7-9,15H2,1-2H3,(H,16,17). The molecule has 0 saturated heterocycles. The van der Waals surface area contributed by atoms with Gasteiger partial charge in [-0.1, -0.05) is 19.4 Å². The third kappa shape index (κ3) is 4.75. The summed E-state index contributed by atoms with van der Waals surface area (Å²) in [6, 6.07) is 5.34. The van der Waals surface area contributed by atoms with Gasteiger partial charge in [0.25, 0.3) is 5.91 Å². The molecule has 4 nitrogen and oxygen atoms in total. The summed E-state index contributed by atoms with van der Waals surface area (Å²) in [5.74, 6) is -0.0982. The van der Waals surface area contributed by atoms with Gasteiger partial charge < -0.3 is 15.8 Å². The normalized spacial score (nSPS) is 10.3. The first kappa shape index (κ1) is 14.5. The number of nitrogens with one attached hydrogen (secondary N) is 1. The van der Waals surface area contributed by atoms with Gasteiger partial charge in [-0.2, -0.15) is 0 Å². The van der Waals surface area contributed by atoms with E-state index >= 15 is 0 Å². The van der Waals surface area contributed by atoms with Gasteiger partial charge in [-0.3, -0.25) is 4.79 Å². The lowest BCUT2D eigenvalue weighted by molar-refractivity contribution is 0.0912. The number of hydrogen-bond acceptors (Lipinski definition) is 3. The molecule has 0 bridgehead atoms. The van der Waals surface area contributed by atoms with Gasteiger partial charge in [-0.15, -0.1) is 0 Å². The van der Waals surface area contributed by atoms with Gasteiger partial charge >= 0.3 is 0 Å². The second-order valence-corrected chi connectivity index (χ2v) is 4.30. The number of carbonyl (C=O) groups excluding carboxylic acids is 1. The van der Waals surface area contributed by atoms with Crippen molar-refractivity contribution >= 4 is 11.6 Å². The molecule has 3 N–H and O–H groups in total. The topological polar surface area (TPSA) is 64.3 Å². The Bertz CT molecular complexity index is 391. The number of aryl methyl sites for hydroxylation is 1. The summed E-state index contributed by atoms with van der Waals surface area (Å²) in [5, 5.41) is 2.82. The molecule has 18 heavy (non-hydrogen) atoms. The molecule has 0 spiro atoms. The van der Waals surface area contributed by atoms with Gasteiger partial charge in [0.1, 0.15) is 0 Å². The van der Waals surface area contributed by atoms with E-state index in [1.165, 1.54) is 0 Å². The molecule has 0 aliphatic heterocycles. The van der Waals surface area contributed by atoms with Gasteiger partial charge in [0.15, 0.2) is 0 Å². The summed E-state index contributed by atoms with van der Waals surface area (Å²) in [6.07, 6.45) is 2.18. The zero-order valence-electron chi connectivity index (χ0n) is 11.2. The molecule has 0 unspecified atom stereocenters. The molecular formula is C14H22N2O2. The Hall–Kier alpha value is -1.55. The zero-order chi connectivity index (χ0) is 13.4. The van der Waals surface area contributed by atoms with Crippen molar-refractivity contribution in [3.05, 3.63) is 29.3 Å². The highest BCUT2D eigenvalue weighted by Crippen LogP contribution is 2.12. The quantitative estimate of drug-likeness (QED) is 0.575. The molecule has 100 valence electrons. The molecule has 1 rings (SSSR count). The molecule has 0 radical (unpaired) electrons. The number of carbonyl (C=O) groups is 1. The monoisotopic (exact) mass is 250 g/mol. The summed E-state index contributed by atoms with van der Waals surface area (Å²) in [5.41, 5.74) is 7.83. The number of amides is 1. The average Bonchev–Trinajstić information content (AvgIpc) is 2.36. The van der Waals surface area contributed by atoms with Crippen LogP contribution in [0.1, 0.15) is 35.7 Å². The fourth-order valence-electron chi connectivity index (χ4n) is 1.56. The Labute approximate surface area is 109 Å². The minimum atomic E-state index is -0.0982. The lowest BCUT2D eigenvalue weighted by atomic mass is 10.1. The van der Waals surface area contributed by atoms with Crippen molar-refractivity contribution in [2.45, 2.75) is 26.7 Å². The molecule has 0 atom stereocenters. The van der Waals surface area contributed by atoms with E-state index in [2.05, 4.69) is 12.2 Å². The maximum absolute atomic E-state index is 11.9. The number of nitrogen functional groups attached to an aromatic ring is 1. The maximum atomic E-state index is 11.9. The van der Waals surface area contributed by atoms with Gasteiger partial charge in [0.05, 0.1) is 6.61 Å². The van der Waals surface area contributed by atoms with Crippen molar-refractivity contribution in [2.75, 3.05) is 25.5 Å². The van der Waals surface area contributed by atoms with Crippen LogP contribution in [-0.4, -0.2) is 25.7 Å². The molecule has 0 aliphatic carbocycles. The largest absolute Gasteiger partial charge is 0.399 e. The number of nitrogens with two attached hydrogens (primary N) is 1. The third-order valence-corrected chi connectivity index (χ3v) is 2.68. The van der Waals surface area contributed by atoms with Crippen LogP contribution in [-0.2, 0) is 4.74 Å². The summed E-state index contributed by atoms with van der Waals surface area (Å²) >= 11 is 0. The Balaban J connectivity index is 2.34. The minimum absolute atomic E-state index is 0.0982. The minimum Gasteiger partial charge on any atom is -0.399 e. The molecule has 1 amide bonds. The van der Waals surface area contributed by atoms with E-state index in [1.54, 1.807) is 12.1 Å². The van der Waals surface area contributed by atoms with Gasteiger partial charge in [-0.25, -0.2) is 0 Å². The Morgan fingerprint density at radius 2 is 2.17 bits per heavy atom. The number of hydrogen-bond donors (Lipinski definition) is 2. The van der Waals surface area contributed by atoms with Crippen molar-refractivity contribution in [3.63, 3.8) is 0 Å². The predicted molar refractivity (Wildman–Crippen MR) is 73.7 cm³/mol. The zero-order valence-corrected chi connectivity index (χ0v) is 11.2. The van der Waals surface area contributed by atoms with E-state index in [1.807, 2.05) is 13.0 Å². The van der Waals surface area contributed by atoms with Gasteiger partial charge in [0, 0.05) is 24.4 Å². The Morgan fingerprint density at radius 1 is 1.39 bits per heavy atom. The fourth-order valence-corrected chi connectivity index (χ4v) is 1.56. The number of ether oxygens (including phenoxy) is 1. The SMILES string of the molecule is CCCCOCCNC(=O)c1cc(N)ccc1C. The van der Waals surface area contributed by atoms with Crippen molar-refractivity contribution in [2.24, 2.45) is 0 Å². The summed E-state index contributed by atoms with van der Waals surface area (Å²) in [7, 11) is 0. The number of rotatable bonds is 7. The van der Waals surface area contributed by atoms with Crippen LogP contribution in [0.25, 0.3) is 0 Å². The van der Waals surface area contributed by atoms with E-state index in [0.717, 1.165) is 25.0 Å². The first-order chi connectivity index (χ1) is 8.65. The van der Waals surface area contributed by atoms with Crippen LogP contribution in [0.3, 0.4) is 0 Å². The maximum Gasteiger partial charge on any atom is 0.251 e. The van der Waals surface area contributed by atoms with Crippen LogP contribution in [0.15, 0.2) is 18.2 Å². The summed E-state index contributed by atoms with van der Waals surface area (Å²) in [6.45, 7) is 5.84. The summed E-state index contributed by atoms with van der Waals surface area (Å²) in [4.78, 5) is 11.9. The van der Waals surface area contributed by atoms with Crippen molar-refractivity contribution < 1.29 is 9.53 Å². The molecule has 0 fully saturated rings. The van der Waals surface area contributed by atoms with E-state index < -0.39 is 0 Å². The van der Waals surface area contributed by atoms with E-state index in [0.29, 0.717) is 24.4 Å². The molecule has 0 aromatic heterocycles. The second-order valence-electron chi connectivity index (χ2n) is 4.30. The molecule has 1 aromatic carbocycles. The average molecular weight is 250 g/mol. The third-order valence-electron chi connectivity index (χ3n) is 2.68. The van der Waals surface area contributed by atoms with Gasteiger partial charge in [0.2, 0.25) is 0 Å². The lowest BCUT2D eigenvalue weighted by Crippen LogP contribution is -2.28. The number of unbranched alkanes of at least 4 members (excludes halogenated alkanes) is 1. The van der Waals surface area contributed by atoms with E-state index in [4.69, 9.17) is 10.5 Å². The first-order valence-electron chi connectivity index (χ1n) is 6.37. The molecule has 0 aliphatic rings. The fraction of sp³-hybridized carbons (Fsp3) is 0.500. The second kappa shape index (κ2) is 7.71. The molecule has 1 aromatic rings. The molecular weight excluding hydrogens is 228 g/mol. The van der Waals surface area contributed by atoms with Crippen molar-refractivity contribution in [3.8, 4) is 0 Å². The highest BCUT2D eigenvalue weighted by atomic mass is 16.5. The molecule has 0 saturated carbocycles. The van der Waals surface area contributed by atoms with Gasteiger partial charge in [-0.05, 0) is 31.0 Å². The van der Waals surface area contributed by atoms with E-state index in [-0.39, 0.29) is 5.91 Å². The lowest BCUT2D eigenvalue weighted by Gasteiger charge is -2.08. The Kier molecular flexibility index (Phi) is 6.22. The van der Waals surface area contributed by atoms with Crippen LogP contribution < -0.4 is 11.1 Å². The number of benzene rings is 1. The molecule has 0 heterocycles. The van der Waals surface area contributed by atoms with E-state index in [9.17, 15) is 4.79 Å². The van der Waals surface area contributed by atoms with Crippen molar-refractivity contribution in [1.29, 1.82) is 0 Å². The smallest absolute Gasteiger partial charge is 0.251 e. The predicted octanol–water partition coefficient (Wildman–Crippen LogP) is 2.12. The van der Waals surface area contributed by atoms with Crippen LogP contribution in [0.4, 0.5) is 5.69 Å². The van der Waals surface area contributed by atoms with Crippen LogP contribution in [0, 0.1) is 6.92 Å². The Morgan fingerprint density at radius 3 is 2.89 bits per heavy atom. The van der Waals surface area contributed by atoms with Crippen LogP contribution in [0.5, 0.6) is 0 Å². The van der Waals surface area contributed by atoms with Crippen LogP contribution in [0.2, 0.25) is 0 Å². The van der Waals surface area contributed by atoms with Crippen molar-refractivity contribution in [1.82, 2.24) is 5.32 Å². The van der Waals surface area contributed by atoms with Crippen LogP contribution >= 0.6 is 0 Å². The summed E-state index contributed by atoms with van der Waals surface area (Å²) < 4.78 is 5.37. The number of anilines is 1. The highest BCUT2D eigenvalue weighted by Gasteiger charge is 2.08.